The first-order valence-electron chi connectivity index (χ1n) is 10.5. The molecule has 3 heterocycles. The summed E-state index contributed by atoms with van der Waals surface area (Å²) in [5.74, 6) is -0.000242. The molecule has 1 amide bonds. The summed E-state index contributed by atoms with van der Waals surface area (Å²) in [5.41, 5.74) is 3.50. The van der Waals surface area contributed by atoms with Crippen LogP contribution in [0, 0.1) is 24.7 Å². The lowest BCUT2D eigenvalue weighted by Crippen LogP contribution is -2.39. The van der Waals surface area contributed by atoms with Crippen LogP contribution in [0.15, 0.2) is 47.6 Å². The number of nitrogens with zero attached hydrogens (tertiary/aromatic N) is 2. The Balaban J connectivity index is 1.73. The number of nitroso groups, excluding NO2 is 1. The van der Waals surface area contributed by atoms with Crippen LogP contribution in [0.25, 0.3) is 31.6 Å². The fourth-order valence-corrected chi connectivity index (χ4v) is 5.29. The first-order valence-corrected chi connectivity index (χ1v) is 11.3. The van der Waals surface area contributed by atoms with Crippen LogP contribution in [0.3, 0.4) is 0 Å². The molecule has 2 aromatic heterocycles. The average molecular weight is 447 g/mol. The highest BCUT2D eigenvalue weighted by Crippen LogP contribution is 2.40. The molecule has 1 aliphatic heterocycles. The van der Waals surface area contributed by atoms with E-state index in [-0.39, 0.29) is 11.7 Å². The van der Waals surface area contributed by atoms with Crippen molar-refractivity contribution in [2.45, 2.75) is 26.9 Å². The first kappa shape index (κ1) is 20.7. The van der Waals surface area contributed by atoms with E-state index in [0.717, 1.165) is 26.1 Å². The minimum absolute atomic E-state index is 0.0914. The van der Waals surface area contributed by atoms with Gasteiger partial charge in [0.25, 0.3) is 0 Å². The number of hydrogen-bond acceptors (Lipinski definition) is 6. The van der Waals surface area contributed by atoms with Gasteiger partial charge in [-0.25, -0.2) is 4.98 Å². The zero-order valence-electron chi connectivity index (χ0n) is 18.0. The van der Waals surface area contributed by atoms with E-state index in [1.165, 1.54) is 0 Å². The maximum atomic E-state index is 12.6. The number of fused-ring (bicyclic) bond motifs is 2. The van der Waals surface area contributed by atoms with Gasteiger partial charge in [-0.1, -0.05) is 24.3 Å². The highest BCUT2D eigenvalue weighted by Gasteiger charge is 2.28. The molecule has 1 atom stereocenters. The highest BCUT2D eigenvalue weighted by atomic mass is 32.1. The third kappa shape index (κ3) is 3.38. The molecule has 0 unspecified atom stereocenters. The van der Waals surface area contributed by atoms with E-state index >= 15 is 0 Å². The van der Waals surface area contributed by atoms with Gasteiger partial charge in [-0.3, -0.25) is 4.79 Å². The SMILES string of the molecule is Cc1c(-c2cc(C(=O)N=O)c3c(O[C@H](C)C4COC4)ccc(C)c3n2)sc2ccccc12. The normalized spacial score (nSPS) is 15.0. The van der Waals surface area contributed by atoms with Crippen LogP contribution in [-0.2, 0) is 4.74 Å². The van der Waals surface area contributed by atoms with E-state index < -0.39 is 5.91 Å². The molecule has 5 rings (SSSR count). The van der Waals surface area contributed by atoms with Crippen LogP contribution in [0.2, 0.25) is 0 Å². The summed E-state index contributed by atoms with van der Waals surface area (Å²) in [6.45, 7) is 7.28. The molecule has 1 fully saturated rings. The molecular weight excluding hydrogens is 424 g/mol. The van der Waals surface area contributed by atoms with Gasteiger partial charge in [-0.15, -0.1) is 16.2 Å². The van der Waals surface area contributed by atoms with E-state index in [9.17, 15) is 9.70 Å². The number of carbonyl (C=O) groups is 1. The van der Waals surface area contributed by atoms with Crippen molar-refractivity contribution in [2.24, 2.45) is 11.1 Å². The molecule has 7 heteroatoms. The van der Waals surface area contributed by atoms with Gasteiger partial charge < -0.3 is 9.47 Å². The number of benzene rings is 2. The lowest BCUT2D eigenvalue weighted by Gasteiger charge is -2.32. The summed E-state index contributed by atoms with van der Waals surface area (Å²) in [6, 6.07) is 13.6. The Bertz CT molecular complexity index is 1370. The Morgan fingerprint density at radius 2 is 2.00 bits per heavy atom. The molecule has 6 nitrogen and oxygen atoms in total. The molecule has 4 aromatic rings. The predicted molar refractivity (Wildman–Crippen MR) is 127 cm³/mol. The fraction of sp³-hybridized carbons (Fsp3) is 0.280. The van der Waals surface area contributed by atoms with E-state index in [1.807, 2.05) is 45.0 Å². The van der Waals surface area contributed by atoms with Gasteiger partial charge in [0.1, 0.15) is 11.9 Å². The molecule has 0 spiro atoms. The first-order chi connectivity index (χ1) is 15.5. The van der Waals surface area contributed by atoms with Crippen LogP contribution >= 0.6 is 11.3 Å². The molecule has 0 N–H and O–H groups in total. The van der Waals surface area contributed by atoms with Crippen molar-refractivity contribution < 1.29 is 14.3 Å². The summed E-state index contributed by atoms with van der Waals surface area (Å²) in [5, 5.41) is 4.42. The van der Waals surface area contributed by atoms with Crippen LogP contribution < -0.4 is 4.74 Å². The molecule has 0 saturated carbocycles. The van der Waals surface area contributed by atoms with Gasteiger partial charge in [0.2, 0.25) is 0 Å². The van der Waals surface area contributed by atoms with Crippen LogP contribution in [0.1, 0.15) is 28.4 Å². The molecule has 1 saturated heterocycles. The topological polar surface area (TPSA) is 77.9 Å². The smallest absolute Gasteiger partial charge is 0.317 e. The predicted octanol–water partition coefficient (Wildman–Crippen LogP) is 6.05. The van der Waals surface area contributed by atoms with Crippen molar-refractivity contribution >= 4 is 38.2 Å². The highest BCUT2D eigenvalue weighted by molar-refractivity contribution is 7.22. The molecular formula is C25H22N2O4S. The van der Waals surface area contributed by atoms with E-state index in [4.69, 9.17) is 14.5 Å². The van der Waals surface area contributed by atoms with Crippen LogP contribution in [-0.4, -0.2) is 30.2 Å². The Kier molecular flexibility index (Phi) is 5.23. The number of aromatic nitrogens is 1. The van der Waals surface area contributed by atoms with E-state index in [0.29, 0.717) is 41.5 Å². The number of thiophene rings is 1. The van der Waals surface area contributed by atoms with Crippen molar-refractivity contribution in [1.29, 1.82) is 0 Å². The van der Waals surface area contributed by atoms with Gasteiger partial charge in [0.15, 0.2) is 0 Å². The fourth-order valence-electron chi connectivity index (χ4n) is 4.12. The molecule has 0 radical (unpaired) electrons. The lowest BCUT2D eigenvalue weighted by molar-refractivity contribution is -0.0773. The van der Waals surface area contributed by atoms with Crippen molar-refractivity contribution in [3.8, 4) is 16.3 Å². The summed E-state index contributed by atoms with van der Waals surface area (Å²) < 4.78 is 12.7. The van der Waals surface area contributed by atoms with Gasteiger partial charge in [0.05, 0.1) is 40.3 Å². The minimum atomic E-state index is -0.826. The number of carbonyl (C=O) groups excluding carboxylic acids is 1. The Morgan fingerprint density at radius 3 is 2.69 bits per heavy atom. The second kappa shape index (κ2) is 8.07. The second-order valence-electron chi connectivity index (χ2n) is 8.23. The quantitative estimate of drug-likeness (QED) is 0.349. The molecule has 162 valence electrons. The monoisotopic (exact) mass is 446 g/mol. The molecule has 1 aliphatic rings. The maximum absolute atomic E-state index is 12.6. The Hall–Kier alpha value is -3.16. The van der Waals surface area contributed by atoms with Crippen molar-refractivity contribution in [2.75, 3.05) is 13.2 Å². The minimum Gasteiger partial charge on any atom is -0.490 e. The summed E-state index contributed by atoms with van der Waals surface area (Å²) in [6.07, 6.45) is -0.0914. The third-order valence-electron chi connectivity index (χ3n) is 6.15. The summed E-state index contributed by atoms with van der Waals surface area (Å²) in [4.78, 5) is 29.9. The van der Waals surface area contributed by atoms with Gasteiger partial charge in [0, 0.05) is 15.8 Å². The zero-order valence-corrected chi connectivity index (χ0v) is 18.9. The standard InChI is InChI=1S/C25H22N2O4S/c1-13-8-9-20(31-15(3)16-11-30-12-16)22-18(25(28)27-29)10-19(26-23(13)22)24-14(2)17-6-4-5-7-21(17)32-24/h4-10,15-16H,11-12H2,1-3H3/t15-/m1/s1. The lowest BCUT2D eigenvalue weighted by atomic mass is 10.00. The van der Waals surface area contributed by atoms with Gasteiger partial charge in [-0.05, 0) is 55.5 Å². The number of amides is 1. The maximum Gasteiger partial charge on any atom is 0.317 e. The number of aryl methyl sites for hydroxylation is 2. The third-order valence-corrected chi connectivity index (χ3v) is 7.45. The number of ether oxygens (including phenoxy) is 2. The molecule has 0 bridgehead atoms. The summed E-state index contributed by atoms with van der Waals surface area (Å²) >= 11 is 1.62. The number of hydrogen-bond donors (Lipinski definition) is 0. The van der Waals surface area contributed by atoms with Crippen LogP contribution in [0.4, 0.5) is 0 Å². The zero-order chi connectivity index (χ0) is 22.4. The summed E-state index contributed by atoms with van der Waals surface area (Å²) in [7, 11) is 0. The van der Waals surface area contributed by atoms with Gasteiger partial charge in [-0.2, -0.15) is 0 Å². The largest absolute Gasteiger partial charge is 0.490 e. The number of pyridine rings is 1. The Labute approximate surface area is 189 Å². The van der Waals surface area contributed by atoms with Crippen molar-refractivity contribution in [3.63, 3.8) is 0 Å². The molecule has 2 aromatic carbocycles. The average Bonchev–Trinajstić information content (AvgIpc) is 3.10. The molecule has 32 heavy (non-hydrogen) atoms. The van der Waals surface area contributed by atoms with E-state index in [2.05, 4.69) is 17.3 Å². The van der Waals surface area contributed by atoms with Crippen LogP contribution in [0.5, 0.6) is 5.75 Å². The van der Waals surface area contributed by atoms with E-state index in [1.54, 1.807) is 17.4 Å². The van der Waals surface area contributed by atoms with Gasteiger partial charge >= 0.3 is 5.91 Å². The second-order valence-corrected chi connectivity index (χ2v) is 9.28. The van der Waals surface area contributed by atoms with Crippen molar-refractivity contribution in [3.05, 3.63) is 64.1 Å². The number of rotatable bonds is 5. The Morgan fingerprint density at radius 1 is 1.22 bits per heavy atom. The molecule has 0 aliphatic carbocycles. The van der Waals surface area contributed by atoms with Crippen molar-refractivity contribution in [1.82, 2.24) is 4.98 Å².